The van der Waals surface area contributed by atoms with Gasteiger partial charge < -0.3 is 4.40 Å². The van der Waals surface area contributed by atoms with Gasteiger partial charge in [-0.05, 0) is 43.7 Å². The van der Waals surface area contributed by atoms with Crippen LogP contribution in [0.1, 0.15) is 10.4 Å². The first-order valence-electron chi connectivity index (χ1n) is 5.24. The average molecular weight is 228 g/mol. The molecule has 0 aliphatic heterocycles. The molecule has 3 aromatic heterocycles. The second-order valence-corrected chi connectivity index (χ2v) is 5.29. The molecule has 80 valence electrons. The van der Waals surface area contributed by atoms with Gasteiger partial charge in [0, 0.05) is 17.3 Å². The number of pyridine rings is 1. The molecule has 3 heteroatoms. The molecule has 3 rings (SSSR count). The highest BCUT2D eigenvalue weighted by molar-refractivity contribution is 7.15. The molecule has 0 saturated carbocycles. The van der Waals surface area contributed by atoms with Gasteiger partial charge in [0.05, 0.1) is 10.6 Å². The molecule has 3 aromatic rings. The Bertz CT molecular complexity index is 649. The van der Waals surface area contributed by atoms with Crippen molar-refractivity contribution in [3.8, 4) is 10.6 Å². The molecule has 0 N–H and O–H groups in total. The van der Waals surface area contributed by atoms with Crippen molar-refractivity contribution in [2.45, 2.75) is 13.8 Å². The normalized spacial score (nSPS) is 11.1. The topological polar surface area (TPSA) is 17.3 Å². The first-order valence-corrected chi connectivity index (χ1v) is 6.06. The molecule has 0 aliphatic rings. The number of aromatic nitrogens is 2. The van der Waals surface area contributed by atoms with Crippen molar-refractivity contribution in [3.05, 3.63) is 47.1 Å². The van der Waals surface area contributed by atoms with Gasteiger partial charge in [-0.1, -0.05) is 0 Å². The quantitative estimate of drug-likeness (QED) is 0.621. The molecule has 0 atom stereocenters. The number of fused-ring (bicyclic) bond motifs is 1. The summed E-state index contributed by atoms with van der Waals surface area (Å²) in [6.07, 6.45) is 4.14. The molecule has 2 nitrogen and oxygen atoms in total. The minimum Gasteiger partial charge on any atom is -0.306 e. The van der Waals surface area contributed by atoms with Crippen molar-refractivity contribution < 1.29 is 0 Å². The van der Waals surface area contributed by atoms with E-state index in [1.165, 1.54) is 15.3 Å². The standard InChI is InChI=1S/C13H12N2S/c1-9-5-6-15-8-11(14-13(15)7-9)12-4-3-10(2)16-12/h3-8H,1-2H3. The van der Waals surface area contributed by atoms with Crippen LogP contribution in [0.4, 0.5) is 0 Å². The van der Waals surface area contributed by atoms with Crippen LogP contribution in [-0.2, 0) is 0 Å². The van der Waals surface area contributed by atoms with Gasteiger partial charge in [-0.2, -0.15) is 0 Å². The minimum atomic E-state index is 1.01. The summed E-state index contributed by atoms with van der Waals surface area (Å²) in [5, 5.41) is 0. The summed E-state index contributed by atoms with van der Waals surface area (Å²) < 4.78 is 2.07. The van der Waals surface area contributed by atoms with Crippen molar-refractivity contribution in [2.75, 3.05) is 0 Å². The van der Waals surface area contributed by atoms with Gasteiger partial charge in [0.2, 0.25) is 0 Å². The Morgan fingerprint density at radius 1 is 1.19 bits per heavy atom. The van der Waals surface area contributed by atoms with Gasteiger partial charge in [0.25, 0.3) is 0 Å². The van der Waals surface area contributed by atoms with E-state index < -0.39 is 0 Å². The van der Waals surface area contributed by atoms with Crippen LogP contribution in [0, 0.1) is 13.8 Å². The number of rotatable bonds is 1. The monoisotopic (exact) mass is 228 g/mol. The highest BCUT2D eigenvalue weighted by Gasteiger charge is 2.05. The summed E-state index contributed by atoms with van der Waals surface area (Å²) in [5.74, 6) is 0. The van der Waals surface area contributed by atoms with Crippen LogP contribution in [0.2, 0.25) is 0 Å². The van der Waals surface area contributed by atoms with Crippen molar-refractivity contribution >= 4 is 17.0 Å². The lowest BCUT2D eigenvalue weighted by atomic mass is 10.3. The van der Waals surface area contributed by atoms with Gasteiger partial charge in [-0.25, -0.2) is 4.98 Å². The molecular weight excluding hydrogens is 216 g/mol. The zero-order valence-electron chi connectivity index (χ0n) is 9.27. The Labute approximate surface area is 98.2 Å². The molecule has 0 aromatic carbocycles. The van der Waals surface area contributed by atoms with Crippen LogP contribution < -0.4 is 0 Å². The maximum Gasteiger partial charge on any atom is 0.137 e. The molecule has 0 radical (unpaired) electrons. The molecular formula is C13H12N2S. The molecule has 3 heterocycles. The molecule has 0 aliphatic carbocycles. The van der Waals surface area contributed by atoms with E-state index >= 15 is 0 Å². The smallest absolute Gasteiger partial charge is 0.137 e. The van der Waals surface area contributed by atoms with E-state index in [0.717, 1.165) is 11.3 Å². The van der Waals surface area contributed by atoms with E-state index in [1.807, 2.05) is 0 Å². The summed E-state index contributed by atoms with van der Waals surface area (Å²) >= 11 is 1.78. The lowest BCUT2D eigenvalue weighted by Gasteiger charge is -1.92. The molecule has 0 spiro atoms. The molecule has 0 unspecified atom stereocenters. The van der Waals surface area contributed by atoms with E-state index in [2.05, 4.69) is 59.9 Å². The highest BCUT2D eigenvalue weighted by Crippen LogP contribution is 2.27. The second-order valence-electron chi connectivity index (χ2n) is 4.01. The summed E-state index contributed by atoms with van der Waals surface area (Å²) in [5.41, 5.74) is 3.32. The van der Waals surface area contributed by atoms with E-state index in [0.29, 0.717) is 0 Å². The number of hydrogen-bond donors (Lipinski definition) is 0. The van der Waals surface area contributed by atoms with Gasteiger partial charge in [0.1, 0.15) is 5.65 Å². The van der Waals surface area contributed by atoms with Crippen LogP contribution in [-0.4, -0.2) is 9.38 Å². The number of imidazole rings is 1. The van der Waals surface area contributed by atoms with Crippen LogP contribution in [0.25, 0.3) is 16.2 Å². The molecule has 0 fully saturated rings. The van der Waals surface area contributed by atoms with E-state index in [-0.39, 0.29) is 0 Å². The highest BCUT2D eigenvalue weighted by atomic mass is 32.1. The molecule has 0 bridgehead atoms. The lowest BCUT2D eigenvalue weighted by molar-refractivity contribution is 1.17. The van der Waals surface area contributed by atoms with Gasteiger partial charge >= 0.3 is 0 Å². The Balaban J connectivity index is 2.18. The lowest BCUT2D eigenvalue weighted by Crippen LogP contribution is -1.81. The van der Waals surface area contributed by atoms with Crippen LogP contribution >= 0.6 is 11.3 Å². The summed E-state index contributed by atoms with van der Waals surface area (Å²) in [4.78, 5) is 7.19. The van der Waals surface area contributed by atoms with Crippen molar-refractivity contribution in [1.82, 2.24) is 9.38 Å². The van der Waals surface area contributed by atoms with Crippen LogP contribution in [0.5, 0.6) is 0 Å². The number of hydrogen-bond acceptors (Lipinski definition) is 2. The number of nitrogens with zero attached hydrogens (tertiary/aromatic N) is 2. The SMILES string of the molecule is Cc1ccn2cc(-c3ccc(C)s3)nc2c1. The number of aryl methyl sites for hydroxylation is 2. The second kappa shape index (κ2) is 3.46. The predicted molar refractivity (Wildman–Crippen MR) is 68.0 cm³/mol. The zero-order chi connectivity index (χ0) is 11.1. The zero-order valence-corrected chi connectivity index (χ0v) is 10.1. The average Bonchev–Trinajstić information content (AvgIpc) is 2.83. The Hall–Kier alpha value is -1.61. The molecule has 0 amide bonds. The van der Waals surface area contributed by atoms with E-state index in [4.69, 9.17) is 0 Å². The molecule has 0 saturated heterocycles. The Morgan fingerprint density at radius 2 is 2.06 bits per heavy atom. The van der Waals surface area contributed by atoms with Gasteiger partial charge in [-0.3, -0.25) is 0 Å². The minimum absolute atomic E-state index is 1.01. The first kappa shape index (κ1) is 9.60. The summed E-state index contributed by atoms with van der Waals surface area (Å²) in [7, 11) is 0. The third-order valence-corrected chi connectivity index (χ3v) is 3.63. The van der Waals surface area contributed by atoms with Gasteiger partial charge in [0.15, 0.2) is 0 Å². The van der Waals surface area contributed by atoms with Crippen molar-refractivity contribution in [3.63, 3.8) is 0 Å². The number of thiophene rings is 1. The third-order valence-electron chi connectivity index (χ3n) is 2.61. The maximum absolute atomic E-state index is 4.63. The van der Waals surface area contributed by atoms with Crippen molar-refractivity contribution in [2.24, 2.45) is 0 Å². The summed E-state index contributed by atoms with van der Waals surface area (Å²) in [6.45, 7) is 4.21. The third kappa shape index (κ3) is 1.53. The van der Waals surface area contributed by atoms with Crippen LogP contribution in [0.15, 0.2) is 36.7 Å². The first-order chi connectivity index (χ1) is 7.72. The molecule has 16 heavy (non-hydrogen) atoms. The fourth-order valence-electron chi connectivity index (χ4n) is 1.77. The largest absolute Gasteiger partial charge is 0.306 e. The van der Waals surface area contributed by atoms with E-state index in [1.54, 1.807) is 11.3 Å². The predicted octanol–water partition coefficient (Wildman–Crippen LogP) is 3.68. The Morgan fingerprint density at radius 3 is 2.81 bits per heavy atom. The Kier molecular flexibility index (Phi) is 2.07. The van der Waals surface area contributed by atoms with E-state index in [9.17, 15) is 0 Å². The summed E-state index contributed by atoms with van der Waals surface area (Å²) in [6, 6.07) is 8.46. The maximum atomic E-state index is 4.63. The van der Waals surface area contributed by atoms with Crippen LogP contribution in [0.3, 0.4) is 0 Å². The fourth-order valence-corrected chi connectivity index (χ4v) is 2.60. The van der Waals surface area contributed by atoms with Gasteiger partial charge in [-0.15, -0.1) is 11.3 Å². The fraction of sp³-hybridized carbons (Fsp3) is 0.154. The van der Waals surface area contributed by atoms with Crippen molar-refractivity contribution in [1.29, 1.82) is 0 Å².